The molecule has 28 heavy (non-hydrogen) atoms. The lowest BCUT2D eigenvalue weighted by atomic mass is 10.1. The number of hydrogen-bond donors (Lipinski definition) is 0. The first-order valence-corrected chi connectivity index (χ1v) is 9.30. The Bertz CT molecular complexity index is 1070. The molecule has 0 aliphatic rings. The topological polar surface area (TPSA) is 79.0 Å². The third-order valence-electron chi connectivity index (χ3n) is 4.60. The molecule has 148 valence electrons. The van der Waals surface area contributed by atoms with Crippen molar-refractivity contribution in [3.05, 3.63) is 52.1 Å². The minimum Gasteiger partial charge on any atom is -0.497 e. The van der Waals surface area contributed by atoms with Gasteiger partial charge in [-0.15, -0.1) is 0 Å². The fourth-order valence-electron chi connectivity index (χ4n) is 3.14. The Hall–Kier alpha value is -2.96. The van der Waals surface area contributed by atoms with E-state index in [0.717, 1.165) is 11.1 Å². The summed E-state index contributed by atoms with van der Waals surface area (Å²) in [6.45, 7) is 9.85. The molecule has 0 saturated carbocycles. The molecule has 2 heterocycles. The standard InChI is InChI=1S/C21H26N4O3/c1-13(2)18-16-11-22-25(21(3,4)5)19(16)20(27)24(23-18)12-17(26)14-7-9-15(28-6)10-8-14/h7-11,13H,12H2,1-6H3. The molecule has 2 aromatic heterocycles. The van der Waals surface area contributed by atoms with Gasteiger partial charge in [0, 0.05) is 10.9 Å². The maximum Gasteiger partial charge on any atom is 0.293 e. The van der Waals surface area contributed by atoms with Crippen LogP contribution in [-0.4, -0.2) is 32.5 Å². The van der Waals surface area contributed by atoms with E-state index in [1.807, 2.05) is 34.6 Å². The number of aromatic nitrogens is 4. The zero-order chi connectivity index (χ0) is 20.6. The predicted molar refractivity (Wildman–Crippen MR) is 108 cm³/mol. The van der Waals surface area contributed by atoms with Crippen molar-refractivity contribution in [1.82, 2.24) is 19.6 Å². The summed E-state index contributed by atoms with van der Waals surface area (Å²) < 4.78 is 8.10. The minimum absolute atomic E-state index is 0.0862. The third kappa shape index (κ3) is 3.56. The van der Waals surface area contributed by atoms with E-state index in [1.54, 1.807) is 42.3 Å². The van der Waals surface area contributed by atoms with Gasteiger partial charge in [0.05, 0.1) is 24.5 Å². The van der Waals surface area contributed by atoms with Crippen molar-refractivity contribution < 1.29 is 9.53 Å². The molecule has 0 bridgehead atoms. The first-order valence-electron chi connectivity index (χ1n) is 9.30. The lowest BCUT2D eigenvalue weighted by molar-refractivity contribution is 0.0965. The summed E-state index contributed by atoms with van der Waals surface area (Å²) in [4.78, 5) is 25.9. The number of rotatable bonds is 5. The average molecular weight is 382 g/mol. The number of nitrogens with zero attached hydrogens (tertiary/aromatic N) is 4. The Morgan fingerprint density at radius 3 is 2.36 bits per heavy atom. The van der Waals surface area contributed by atoms with Crippen LogP contribution in [0.25, 0.3) is 10.9 Å². The number of carbonyl (C=O) groups is 1. The van der Waals surface area contributed by atoms with Crippen molar-refractivity contribution in [3.8, 4) is 5.75 Å². The van der Waals surface area contributed by atoms with Crippen LogP contribution in [0.1, 0.15) is 56.6 Å². The number of fused-ring (bicyclic) bond motifs is 1. The highest BCUT2D eigenvalue weighted by Crippen LogP contribution is 2.24. The first-order chi connectivity index (χ1) is 13.1. The van der Waals surface area contributed by atoms with Crippen LogP contribution >= 0.6 is 0 Å². The van der Waals surface area contributed by atoms with Gasteiger partial charge in [-0.05, 0) is 51.0 Å². The van der Waals surface area contributed by atoms with Crippen molar-refractivity contribution in [2.45, 2.75) is 52.6 Å². The Morgan fingerprint density at radius 2 is 1.82 bits per heavy atom. The highest BCUT2D eigenvalue weighted by Gasteiger charge is 2.24. The van der Waals surface area contributed by atoms with Gasteiger partial charge in [-0.2, -0.15) is 10.2 Å². The van der Waals surface area contributed by atoms with Crippen LogP contribution in [0.2, 0.25) is 0 Å². The Labute approximate surface area is 163 Å². The van der Waals surface area contributed by atoms with E-state index in [1.165, 1.54) is 4.68 Å². The number of ether oxygens (including phenoxy) is 1. The fourth-order valence-corrected chi connectivity index (χ4v) is 3.14. The number of benzene rings is 1. The zero-order valence-electron chi connectivity index (χ0n) is 17.2. The predicted octanol–water partition coefficient (Wildman–Crippen LogP) is 3.36. The van der Waals surface area contributed by atoms with Crippen molar-refractivity contribution in [2.75, 3.05) is 7.11 Å². The molecule has 0 fully saturated rings. The molecule has 1 aromatic carbocycles. The Kier molecular flexibility index (Phi) is 5.10. The molecule has 0 atom stereocenters. The van der Waals surface area contributed by atoms with Crippen molar-refractivity contribution in [2.24, 2.45) is 0 Å². The lowest BCUT2D eigenvalue weighted by Gasteiger charge is -2.21. The fraction of sp³-hybridized carbons (Fsp3) is 0.429. The monoisotopic (exact) mass is 382 g/mol. The van der Waals surface area contributed by atoms with Crippen molar-refractivity contribution >= 4 is 16.7 Å². The molecular formula is C21H26N4O3. The third-order valence-corrected chi connectivity index (χ3v) is 4.60. The first kappa shape index (κ1) is 19.8. The average Bonchev–Trinajstić information content (AvgIpc) is 3.09. The smallest absolute Gasteiger partial charge is 0.293 e. The molecule has 0 saturated heterocycles. The number of carbonyl (C=O) groups excluding carboxylic acids is 1. The van der Waals surface area contributed by atoms with Gasteiger partial charge in [-0.3, -0.25) is 14.3 Å². The molecule has 0 N–H and O–H groups in total. The van der Waals surface area contributed by atoms with Gasteiger partial charge in [-0.1, -0.05) is 13.8 Å². The van der Waals surface area contributed by atoms with Crippen LogP contribution in [0.3, 0.4) is 0 Å². The van der Waals surface area contributed by atoms with E-state index in [-0.39, 0.29) is 29.3 Å². The molecule has 0 amide bonds. The van der Waals surface area contributed by atoms with Gasteiger partial charge in [0.25, 0.3) is 5.56 Å². The number of ketones is 1. The molecule has 3 rings (SSSR count). The van der Waals surface area contributed by atoms with E-state index in [4.69, 9.17) is 4.74 Å². The Balaban J connectivity index is 2.11. The number of Topliss-reactive ketones (excluding diaryl/α,β-unsaturated/α-hetero) is 1. The van der Waals surface area contributed by atoms with Crippen molar-refractivity contribution in [3.63, 3.8) is 0 Å². The van der Waals surface area contributed by atoms with Crippen LogP contribution in [0.15, 0.2) is 35.3 Å². The highest BCUT2D eigenvalue weighted by molar-refractivity contribution is 5.96. The van der Waals surface area contributed by atoms with Crippen LogP contribution in [-0.2, 0) is 12.1 Å². The van der Waals surface area contributed by atoms with Gasteiger partial charge in [0.2, 0.25) is 0 Å². The van der Waals surface area contributed by atoms with Crippen LogP contribution in [0.5, 0.6) is 5.75 Å². The molecule has 0 radical (unpaired) electrons. The maximum absolute atomic E-state index is 13.2. The van der Waals surface area contributed by atoms with E-state index in [2.05, 4.69) is 10.2 Å². The minimum atomic E-state index is -0.367. The van der Waals surface area contributed by atoms with E-state index < -0.39 is 0 Å². The van der Waals surface area contributed by atoms with Gasteiger partial charge in [0.15, 0.2) is 5.78 Å². The molecule has 0 aliphatic carbocycles. The molecule has 0 spiro atoms. The molecule has 7 heteroatoms. The van der Waals surface area contributed by atoms with E-state index >= 15 is 0 Å². The molecule has 7 nitrogen and oxygen atoms in total. The SMILES string of the molecule is COc1ccc(C(=O)Cn2nc(C(C)C)c3cnn(C(C)(C)C)c3c2=O)cc1. The van der Waals surface area contributed by atoms with Gasteiger partial charge < -0.3 is 4.74 Å². The molecule has 0 aliphatic heterocycles. The molecule has 3 aromatic rings. The number of hydrogen-bond acceptors (Lipinski definition) is 5. The largest absolute Gasteiger partial charge is 0.497 e. The van der Waals surface area contributed by atoms with Crippen LogP contribution < -0.4 is 10.3 Å². The summed E-state index contributed by atoms with van der Waals surface area (Å²) in [6, 6.07) is 6.82. The lowest BCUT2D eigenvalue weighted by Crippen LogP contribution is -2.32. The quantitative estimate of drug-likeness (QED) is 0.632. The summed E-state index contributed by atoms with van der Waals surface area (Å²) in [7, 11) is 1.57. The normalized spacial score (nSPS) is 12.0. The Morgan fingerprint density at radius 1 is 1.18 bits per heavy atom. The summed E-state index contributed by atoms with van der Waals surface area (Å²) in [5.41, 5.74) is 1.06. The summed E-state index contributed by atoms with van der Waals surface area (Å²) >= 11 is 0. The summed E-state index contributed by atoms with van der Waals surface area (Å²) in [5.74, 6) is 0.570. The zero-order valence-corrected chi connectivity index (χ0v) is 17.2. The highest BCUT2D eigenvalue weighted by atomic mass is 16.5. The van der Waals surface area contributed by atoms with Gasteiger partial charge in [0.1, 0.15) is 17.8 Å². The van der Waals surface area contributed by atoms with Crippen molar-refractivity contribution in [1.29, 1.82) is 0 Å². The number of methoxy groups -OCH3 is 1. The molecular weight excluding hydrogens is 356 g/mol. The van der Waals surface area contributed by atoms with Crippen LogP contribution in [0, 0.1) is 0 Å². The second-order valence-corrected chi connectivity index (χ2v) is 8.14. The maximum atomic E-state index is 13.2. The van der Waals surface area contributed by atoms with Gasteiger partial charge in [-0.25, -0.2) is 4.68 Å². The van der Waals surface area contributed by atoms with E-state index in [0.29, 0.717) is 16.8 Å². The summed E-state index contributed by atoms with van der Waals surface area (Å²) in [5, 5.41) is 9.67. The molecule has 0 unspecified atom stereocenters. The second-order valence-electron chi connectivity index (χ2n) is 8.14. The van der Waals surface area contributed by atoms with E-state index in [9.17, 15) is 9.59 Å². The second kappa shape index (κ2) is 7.22. The van der Waals surface area contributed by atoms with Crippen LogP contribution in [0.4, 0.5) is 0 Å². The van der Waals surface area contributed by atoms with Gasteiger partial charge >= 0.3 is 0 Å². The summed E-state index contributed by atoms with van der Waals surface area (Å²) in [6.07, 6.45) is 1.69.